The maximum absolute atomic E-state index is 10.1. The van der Waals surface area contributed by atoms with Gasteiger partial charge in [-0.15, -0.1) is 0 Å². The topological polar surface area (TPSA) is 220 Å². The van der Waals surface area contributed by atoms with Crippen molar-refractivity contribution in [3.63, 3.8) is 0 Å². The molecule has 0 aliphatic rings. The van der Waals surface area contributed by atoms with Crippen LogP contribution in [0.25, 0.3) is 0 Å². The van der Waals surface area contributed by atoms with Crippen LogP contribution in [0.15, 0.2) is 0 Å². The molecule has 0 saturated heterocycles. The zero-order valence-electron chi connectivity index (χ0n) is 35.6. The average Bonchev–Trinajstić information content (AvgIpc) is 3.09. The molecule has 0 amide bonds. The molecular weight excluding hydrogens is 733 g/mol. The van der Waals surface area contributed by atoms with E-state index >= 15 is 0 Å². The minimum atomic E-state index is -5.17. The van der Waals surface area contributed by atoms with Crippen LogP contribution in [0.1, 0.15) is 142 Å². The molecule has 2 atom stereocenters. The number of ether oxygens (including phenoxy) is 2. The van der Waals surface area contributed by atoms with Gasteiger partial charge in [-0.1, -0.05) is 129 Å². The molecule has 0 saturated carbocycles. The Morgan fingerprint density at radius 2 is 0.691 bits per heavy atom. The molecule has 6 N–H and O–H groups in total. The first-order valence-electron chi connectivity index (χ1n) is 21.4. The van der Waals surface area contributed by atoms with Crippen LogP contribution < -0.4 is 0 Å². The highest BCUT2D eigenvalue weighted by Crippen LogP contribution is 2.12. The van der Waals surface area contributed by atoms with Gasteiger partial charge in [-0.25, -0.2) is 0 Å². The van der Waals surface area contributed by atoms with Crippen molar-refractivity contribution in [2.75, 3.05) is 106 Å². The number of hydrogen-bond acceptors (Lipinski definition) is 12. The lowest BCUT2D eigenvalue weighted by Gasteiger charge is -2.35. The summed E-state index contributed by atoms with van der Waals surface area (Å²) in [6.07, 6.45) is 25.0. The van der Waals surface area contributed by atoms with Gasteiger partial charge in [-0.05, 0) is 12.8 Å². The van der Waals surface area contributed by atoms with Crippen molar-refractivity contribution in [2.24, 2.45) is 0 Å². The highest BCUT2D eigenvalue weighted by Gasteiger charge is 2.25. The smallest absolute Gasteiger partial charge is 0.126 e. The number of rotatable bonds is 38. The maximum Gasteiger partial charge on any atom is 0.126 e. The summed E-state index contributed by atoms with van der Waals surface area (Å²) in [5, 5.41) is 56.7. The third-order valence-electron chi connectivity index (χ3n) is 9.77. The van der Waals surface area contributed by atoms with Crippen molar-refractivity contribution >= 4 is 10.4 Å². The molecule has 0 aromatic heterocycles. The van der Waals surface area contributed by atoms with Crippen LogP contribution in [0.5, 0.6) is 0 Å². The molecule has 0 rings (SSSR count). The van der Waals surface area contributed by atoms with Gasteiger partial charge < -0.3 is 58.2 Å². The second kappa shape index (κ2) is 41.6. The maximum atomic E-state index is 10.1. The van der Waals surface area contributed by atoms with Crippen molar-refractivity contribution in [1.29, 1.82) is 0 Å². The summed E-state index contributed by atoms with van der Waals surface area (Å²) in [7, 11) is -1.28. The molecule has 15 heteroatoms. The van der Waals surface area contributed by atoms with Gasteiger partial charge in [-0.3, -0.25) is 8.42 Å². The first-order chi connectivity index (χ1) is 26.2. The van der Waals surface area contributed by atoms with Crippen molar-refractivity contribution < 1.29 is 66.6 Å². The molecule has 55 heavy (non-hydrogen) atoms. The number of unbranched alkanes of at least 4 members (excludes halogenated alkanes) is 18. The van der Waals surface area contributed by atoms with Crippen LogP contribution in [-0.4, -0.2) is 176 Å². The van der Waals surface area contributed by atoms with Crippen molar-refractivity contribution in [3.8, 4) is 0 Å². The molecular formula is C40H88N2O12S. The molecule has 2 unspecified atom stereocenters. The molecule has 0 bridgehead atoms. The van der Waals surface area contributed by atoms with Crippen LogP contribution >= 0.6 is 0 Å². The fourth-order valence-corrected chi connectivity index (χ4v) is 6.50. The molecule has 0 spiro atoms. The van der Waals surface area contributed by atoms with Gasteiger partial charge in [-0.2, -0.15) is 0 Å². The van der Waals surface area contributed by atoms with Crippen LogP contribution in [0.2, 0.25) is 0 Å². The van der Waals surface area contributed by atoms with E-state index in [1.54, 1.807) is 0 Å². The molecule has 0 radical (unpaired) electrons. The van der Waals surface area contributed by atoms with Gasteiger partial charge in [0.25, 0.3) is 0 Å². The highest BCUT2D eigenvalue weighted by molar-refractivity contribution is 7.79. The Bertz CT molecular complexity index is 799. The van der Waals surface area contributed by atoms with Crippen LogP contribution in [0.4, 0.5) is 0 Å². The quantitative estimate of drug-likeness (QED) is 0.0225. The van der Waals surface area contributed by atoms with E-state index in [-0.39, 0.29) is 26.4 Å². The molecule has 14 nitrogen and oxygen atoms in total. The SMILES string of the molecule is CCCCCCCCCCCCOCC(O)C[N+](C)(CCO)CCO.CCCCCCCCCCCCOCC(O)C[N+](C)(CCO)CCO.O=S(=O)([O-])[O-]. The Morgan fingerprint density at radius 3 is 0.909 bits per heavy atom. The zero-order chi connectivity index (χ0) is 42.1. The van der Waals surface area contributed by atoms with Gasteiger partial charge in [0.05, 0.1) is 53.7 Å². The third kappa shape index (κ3) is 49.5. The fourth-order valence-electron chi connectivity index (χ4n) is 6.50. The van der Waals surface area contributed by atoms with Gasteiger partial charge in [0.15, 0.2) is 0 Å². The average molecular weight is 821 g/mol. The van der Waals surface area contributed by atoms with E-state index in [0.717, 1.165) is 12.8 Å². The molecule has 336 valence electrons. The Balaban J connectivity index is -0.000000874. The summed E-state index contributed by atoms with van der Waals surface area (Å²) in [5.74, 6) is 0. The number of likely N-dealkylation sites (N-methyl/N-ethyl adjacent to an activating group) is 2. The monoisotopic (exact) mass is 821 g/mol. The van der Waals surface area contributed by atoms with E-state index in [9.17, 15) is 10.2 Å². The number of aliphatic hydroxyl groups is 6. The molecule has 0 aromatic rings. The number of aliphatic hydroxyl groups excluding tert-OH is 6. The van der Waals surface area contributed by atoms with Crippen LogP contribution in [-0.2, 0) is 19.9 Å². The molecule has 0 aromatic carbocycles. The molecule has 0 heterocycles. The zero-order valence-corrected chi connectivity index (χ0v) is 36.4. The van der Waals surface area contributed by atoms with Crippen molar-refractivity contribution in [1.82, 2.24) is 0 Å². The fraction of sp³-hybridized carbons (Fsp3) is 1.00. The Labute approximate surface area is 337 Å². The standard InChI is InChI=1S/2C20H44NO4.H2O4S/c2*1-3-4-5-6-7-8-9-10-11-12-17-25-19-20(24)18-21(2,13-15-22)14-16-23;1-5(2,3)4/h2*20,22-24H,3-19H2,1-2H3;(H2,1,2,3,4)/q2*+1;/p-2. The molecule has 0 fully saturated rings. The summed E-state index contributed by atoms with van der Waals surface area (Å²) in [6.45, 7) is 9.97. The lowest BCUT2D eigenvalue weighted by molar-refractivity contribution is -0.913. The van der Waals surface area contributed by atoms with Crippen molar-refractivity contribution in [2.45, 2.75) is 154 Å². The van der Waals surface area contributed by atoms with Gasteiger partial charge in [0.2, 0.25) is 0 Å². The first kappa shape index (κ1) is 58.8. The summed E-state index contributed by atoms with van der Waals surface area (Å²) < 4.78 is 46.2. The highest BCUT2D eigenvalue weighted by atomic mass is 32.3. The predicted octanol–water partition coefficient (Wildman–Crippen LogP) is 4.09. The van der Waals surface area contributed by atoms with Crippen LogP contribution in [0.3, 0.4) is 0 Å². The minimum absolute atomic E-state index is 0.0582. The second-order valence-corrected chi connectivity index (χ2v) is 16.4. The first-order valence-corrected chi connectivity index (χ1v) is 22.8. The summed E-state index contributed by atoms with van der Waals surface area (Å²) >= 11 is 0. The second-order valence-electron chi connectivity index (χ2n) is 15.6. The number of quaternary nitrogens is 2. The molecule has 0 aliphatic carbocycles. The van der Waals surface area contributed by atoms with Crippen LogP contribution in [0, 0.1) is 0 Å². The summed E-state index contributed by atoms with van der Waals surface area (Å²) in [6, 6.07) is 0. The summed E-state index contributed by atoms with van der Waals surface area (Å²) in [4.78, 5) is 0. The van der Waals surface area contributed by atoms with Gasteiger partial charge in [0, 0.05) is 23.6 Å². The minimum Gasteiger partial charge on any atom is -0.759 e. The number of nitrogens with zero attached hydrogens (tertiary/aromatic N) is 2. The number of hydrogen-bond donors (Lipinski definition) is 6. The molecule has 0 aliphatic heterocycles. The lowest BCUT2D eigenvalue weighted by atomic mass is 10.1. The van der Waals surface area contributed by atoms with Gasteiger partial charge in [0.1, 0.15) is 51.5 Å². The lowest BCUT2D eigenvalue weighted by Crippen LogP contribution is -2.53. The Hall–Kier alpha value is -0.530. The van der Waals surface area contributed by atoms with E-state index in [2.05, 4.69) is 13.8 Å². The van der Waals surface area contributed by atoms with E-state index < -0.39 is 22.6 Å². The van der Waals surface area contributed by atoms with E-state index in [4.69, 9.17) is 47.4 Å². The van der Waals surface area contributed by atoms with E-state index in [0.29, 0.717) is 74.7 Å². The van der Waals surface area contributed by atoms with E-state index in [1.165, 1.54) is 116 Å². The van der Waals surface area contributed by atoms with E-state index in [1.807, 2.05) is 14.1 Å². The largest absolute Gasteiger partial charge is 0.759 e. The van der Waals surface area contributed by atoms with Crippen molar-refractivity contribution in [3.05, 3.63) is 0 Å². The Kier molecular flexibility index (Phi) is 44.5. The third-order valence-corrected chi connectivity index (χ3v) is 9.77. The van der Waals surface area contributed by atoms with Gasteiger partial charge >= 0.3 is 0 Å². The normalized spacial score (nSPS) is 13.2. The Morgan fingerprint density at radius 1 is 0.473 bits per heavy atom. The summed E-state index contributed by atoms with van der Waals surface area (Å²) in [5.41, 5.74) is 0. The predicted molar refractivity (Wildman–Crippen MR) is 218 cm³/mol.